The quantitative estimate of drug-likeness (QED) is 0.437. The molecule has 4 heterocycles. The second-order valence-electron chi connectivity index (χ2n) is 6.43. The van der Waals surface area contributed by atoms with Gasteiger partial charge in [-0.05, 0) is 66.2 Å². The van der Waals surface area contributed by atoms with E-state index < -0.39 is 0 Å². The Kier molecular flexibility index (Phi) is 3.91. The molecule has 0 radical (unpaired) electrons. The molecule has 5 aromatic rings. The van der Waals surface area contributed by atoms with E-state index in [0.29, 0.717) is 0 Å². The van der Waals surface area contributed by atoms with Crippen LogP contribution in [0.4, 0.5) is 4.39 Å². The Bertz CT molecular complexity index is 1250. The minimum Gasteiger partial charge on any atom is -0.265 e. The molecule has 0 fully saturated rings. The number of fused-ring (bicyclic) bond motifs is 1. The van der Waals surface area contributed by atoms with Gasteiger partial charge in [0, 0.05) is 41.5 Å². The Morgan fingerprint density at radius 2 is 1.50 bits per heavy atom. The summed E-state index contributed by atoms with van der Waals surface area (Å²) in [7, 11) is 0. The van der Waals surface area contributed by atoms with Crippen LogP contribution in [0.3, 0.4) is 0 Å². The molecule has 5 heteroatoms. The van der Waals surface area contributed by atoms with Gasteiger partial charge in [0.2, 0.25) is 0 Å². The molecule has 0 saturated heterocycles. The topological polar surface area (TPSA) is 43.1 Å². The zero-order valence-corrected chi connectivity index (χ0v) is 14.8. The first kappa shape index (κ1) is 16.3. The number of aromatic nitrogens is 4. The molecule has 4 nitrogen and oxygen atoms in total. The van der Waals surface area contributed by atoms with Crippen molar-refractivity contribution < 1.29 is 4.39 Å². The molecule has 0 bridgehead atoms. The third kappa shape index (κ3) is 2.83. The molecule has 0 saturated carbocycles. The number of hydrogen-bond donors (Lipinski definition) is 0. The van der Waals surface area contributed by atoms with Crippen LogP contribution in [0.2, 0.25) is 0 Å². The summed E-state index contributed by atoms with van der Waals surface area (Å²) in [6, 6.07) is 20.2. The summed E-state index contributed by atoms with van der Waals surface area (Å²) in [4.78, 5) is 8.54. The molecule has 5 rings (SSSR count). The molecular weight excluding hydrogens is 351 g/mol. The Balaban J connectivity index is 1.76. The maximum absolute atomic E-state index is 13.4. The number of benzene rings is 1. The first-order valence-electron chi connectivity index (χ1n) is 8.90. The lowest BCUT2D eigenvalue weighted by Crippen LogP contribution is -1.90. The molecule has 0 aliphatic carbocycles. The molecule has 1 aromatic carbocycles. The lowest BCUT2D eigenvalue weighted by Gasteiger charge is -2.04. The van der Waals surface area contributed by atoms with Crippen molar-refractivity contribution in [2.24, 2.45) is 0 Å². The van der Waals surface area contributed by atoms with Crippen molar-refractivity contribution in [3.05, 3.63) is 97.3 Å². The minimum absolute atomic E-state index is 0.268. The number of pyridine rings is 3. The fourth-order valence-electron chi connectivity index (χ4n) is 3.35. The third-order valence-corrected chi connectivity index (χ3v) is 4.68. The second kappa shape index (κ2) is 6.70. The molecule has 134 valence electrons. The van der Waals surface area contributed by atoms with E-state index in [-0.39, 0.29) is 5.82 Å². The van der Waals surface area contributed by atoms with Crippen molar-refractivity contribution in [1.82, 2.24) is 19.6 Å². The van der Waals surface area contributed by atoms with E-state index in [0.717, 1.165) is 39.2 Å². The molecule has 28 heavy (non-hydrogen) atoms. The van der Waals surface area contributed by atoms with E-state index in [1.807, 2.05) is 53.2 Å². The van der Waals surface area contributed by atoms with Crippen LogP contribution in [0, 0.1) is 5.82 Å². The van der Waals surface area contributed by atoms with Crippen LogP contribution >= 0.6 is 0 Å². The van der Waals surface area contributed by atoms with Crippen LogP contribution in [0.25, 0.3) is 39.2 Å². The number of hydrogen-bond acceptors (Lipinski definition) is 3. The van der Waals surface area contributed by atoms with Crippen molar-refractivity contribution in [3.63, 3.8) is 0 Å². The van der Waals surface area contributed by atoms with E-state index in [1.54, 1.807) is 30.7 Å². The monoisotopic (exact) mass is 366 g/mol. The van der Waals surface area contributed by atoms with E-state index in [4.69, 9.17) is 5.10 Å². The van der Waals surface area contributed by atoms with Gasteiger partial charge < -0.3 is 0 Å². The van der Waals surface area contributed by atoms with Crippen LogP contribution in [0.15, 0.2) is 91.5 Å². The van der Waals surface area contributed by atoms with Crippen molar-refractivity contribution in [2.45, 2.75) is 0 Å². The van der Waals surface area contributed by atoms with Crippen molar-refractivity contribution in [3.8, 4) is 33.6 Å². The molecule has 0 unspecified atom stereocenters. The van der Waals surface area contributed by atoms with Gasteiger partial charge in [0.25, 0.3) is 0 Å². The van der Waals surface area contributed by atoms with Gasteiger partial charge in [-0.2, -0.15) is 5.10 Å². The fraction of sp³-hybridized carbons (Fsp3) is 0. The normalized spacial score (nSPS) is 11.0. The summed E-state index contributed by atoms with van der Waals surface area (Å²) in [5, 5.41) is 4.82. The molecule has 0 N–H and O–H groups in total. The first-order chi connectivity index (χ1) is 13.8. The summed E-state index contributed by atoms with van der Waals surface area (Å²) in [5.41, 5.74) is 6.47. The molecule has 0 aliphatic heterocycles. The summed E-state index contributed by atoms with van der Waals surface area (Å²) in [6.45, 7) is 0. The highest BCUT2D eigenvalue weighted by molar-refractivity contribution is 5.92. The SMILES string of the molecule is Fc1ccc(-c2nn3cc(-c4ccccn4)ccc3c2-c2ccncc2)cc1. The average Bonchev–Trinajstić information content (AvgIpc) is 3.14. The molecule has 0 atom stereocenters. The zero-order chi connectivity index (χ0) is 18.9. The van der Waals surface area contributed by atoms with E-state index in [1.165, 1.54) is 12.1 Å². The predicted octanol–water partition coefficient (Wildman–Crippen LogP) is 5.26. The van der Waals surface area contributed by atoms with Crippen molar-refractivity contribution >= 4 is 5.52 Å². The second-order valence-corrected chi connectivity index (χ2v) is 6.43. The summed E-state index contributed by atoms with van der Waals surface area (Å²) in [6.07, 6.45) is 7.26. The van der Waals surface area contributed by atoms with Crippen molar-refractivity contribution in [2.75, 3.05) is 0 Å². The molecule has 0 aliphatic rings. The highest BCUT2D eigenvalue weighted by Crippen LogP contribution is 2.35. The lowest BCUT2D eigenvalue weighted by molar-refractivity contribution is 0.628. The van der Waals surface area contributed by atoms with Gasteiger partial charge in [-0.3, -0.25) is 9.97 Å². The van der Waals surface area contributed by atoms with Crippen LogP contribution in [0.1, 0.15) is 0 Å². The van der Waals surface area contributed by atoms with Gasteiger partial charge in [0.05, 0.1) is 11.2 Å². The summed E-state index contributed by atoms with van der Waals surface area (Å²) >= 11 is 0. The number of nitrogens with zero attached hydrogens (tertiary/aromatic N) is 4. The van der Waals surface area contributed by atoms with Crippen LogP contribution in [-0.2, 0) is 0 Å². The Labute approximate surface area is 161 Å². The van der Waals surface area contributed by atoms with E-state index in [9.17, 15) is 4.39 Å². The van der Waals surface area contributed by atoms with E-state index in [2.05, 4.69) is 9.97 Å². The first-order valence-corrected chi connectivity index (χ1v) is 8.90. The third-order valence-electron chi connectivity index (χ3n) is 4.68. The van der Waals surface area contributed by atoms with Crippen LogP contribution < -0.4 is 0 Å². The Morgan fingerprint density at radius 3 is 2.25 bits per heavy atom. The van der Waals surface area contributed by atoms with Gasteiger partial charge in [0.15, 0.2) is 0 Å². The highest BCUT2D eigenvalue weighted by atomic mass is 19.1. The molecule has 4 aromatic heterocycles. The van der Waals surface area contributed by atoms with Crippen molar-refractivity contribution in [1.29, 1.82) is 0 Å². The fourth-order valence-corrected chi connectivity index (χ4v) is 3.35. The standard InChI is InChI=1S/C23H15FN4/c24-19-7-4-17(5-8-19)23-22(16-10-13-25-14-11-16)21-9-6-18(15-28(21)27-23)20-3-1-2-12-26-20/h1-15H. The summed E-state index contributed by atoms with van der Waals surface area (Å²) in [5.74, 6) is -0.268. The van der Waals surface area contributed by atoms with Gasteiger partial charge in [0.1, 0.15) is 11.5 Å². The molecule has 0 spiro atoms. The number of rotatable bonds is 3. The van der Waals surface area contributed by atoms with Crippen LogP contribution in [0.5, 0.6) is 0 Å². The van der Waals surface area contributed by atoms with Crippen LogP contribution in [-0.4, -0.2) is 19.6 Å². The van der Waals surface area contributed by atoms with Gasteiger partial charge >= 0.3 is 0 Å². The maximum atomic E-state index is 13.4. The zero-order valence-electron chi connectivity index (χ0n) is 14.8. The van der Waals surface area contributed by atoms with Gasteiger partial charge in [-0.1, -0.05) is 6.07 Å². The maximum Gasteiger partial charge on any atom is 0.123 e. The van der Waals surface area contributed by atoms with Gasteiger partial charge in [-0.15, -0.1) is 0 Å². The van der Waals surface area contributed by atoms with E-state index >= 15 is 0 Å². The summed E-state index contributed by atoms with van der Waals surface area (Å²) < 4.78 is 15.3. The predicted molar refractivity (Wildman–Crippen MR) is 107 cm³/mol. The Hall–Kier alpha value is -3.86. The van der Waals surface area contributed by atoms with Gasteiger partial charge in [-0.25, -0.2) is 8.91 Å². The minimum atomic E-state index is -0.268. The smallest absolute Gasteiger partial charge is 0.123 e. The highest BCUT2D eigenvalue weighted by Gasteiger charge is 2.17. The number of halogens is 1. The molecule has 0 amide bonds. The largest absolute Gasteiger partial charge is 0.265 e. The average molecular weight is 366 g/mol. The molecular formula is C23H15FN4. The lowest BCUT2D eigenvalue weighted by atomic mass is 10.0. The Morgan fingerprint density at radius 1 is 0.714 bits per heavy atom.